The second kappa shape index (κ2) is 8.13. The largest absolute Gasteiger partial charge is 0.354 e. The van der Waals surface area contributed by atoms with Crippen LogP contribution in [-0.4, -0.2) is 23.1 Å². The van der Waals surface area contributed by atoms with E-state index in [0.717, 1.165) is 23.1 Å². The molecule has 1 unspecified atom stereocenters. The van der Waals surface area contributed by atoms with E-state index >= 15 is 0 Å². The summed E-state index contributed by atoms with van der Waals surface area (Å²) in [6, 6.07) is 5.23. The van der Waals surface area contributed by atoms with Gasteiger partial charge in [0.2, 0.25) is 0 Å². The normalized spacial score (nSPS) is 18.7. The third kappa shape index (κ3) is 4.06. The van der Waals surface area contributed by atoms with Crippen LogP contribution in [0.2, 0.25) is 0 Å². The molecular weight excluding hydrogens is 359 g/mol. The number of nitrogens with zero attached hydrogens (tertiary/aromatic N) is 2. The molecule has 3 nitrogen and oxygen atoms in total. The summed E-state index contributed by atoms with van der Waals surface area (Å²) in [5.41, 5.74) is 0.543. The van der Waals surface area contributed by atoms with Gasteiger partial charge >= 0.3 is 0 Å². The molecule has 0 spiro atoms. The van der Waals surface area contributed by atoms with Crippen LogP contribution in [0.1, 0.15) is 51.4 Å². The molecule has 1 fully saturated rings. The fourth-order valence-corrected chi connectivity index (χ4v) is 3.91. The van der Waals surface area contributed by atoms with Crippen molar-refractivity contribution in [2.45, 2.75) is 57.4 Å². The van der Waals surface area contributed by atoms with Gasteiger partial charge in [0.1, 0.15) is 5.82 Å². The molecule has 1 aromatic heterocycles. The number of halogens is 2. The van der Waals surface area contributed by atoms with E-state index in [1.165, 1.54) is 63.5 Å². The van der Waals surface area contributed by atoms with Gasteiger partial charge < -0.3 is 9.42 Å². The summed E-state index contributed by atoms with van der Waals surface area (Å²) in [7, 11) is 0. The van der Waals surface area contributed by atoms with Crippen molar-refractivity contribution in [1.82, 2.24) is 5.16 Å². The number of rotatable bonds is 7. The predicted octanol–water partition coefficient (Wildman–Crippen LogP) is 5.67. The number of benzene rings is 1. The van der Waals surface area contributed by atoms with E-state index in [9.17, 15) is 4.39 Å². The lowest BCUT2D eigenvalue weighted by Gasteiger charge is -2.36. The highest BCUT2D eigenvalue weighted by Gasteiger charge is 2.26. The van der Waals surface area contributed by atoms with Crippen molar-refractivity contribution in [3.63, 3.8) is 0 Å². The van der Waals surface area contributed by atoms with E-state index in [4.69, 9.17) is 4.52 Å². The summed E-state index contributed by atoms with van der Waals surface area (Å²) in [6.07, 6.45) is 10.0. The number of hydrogen-bond donors (Lipinski definition) is 0. The number of piperidine rings is 1. The molecule has 0 radical (unpaired) electrons. The molecule has 1 aliphatic rings. The van der Waals surface area contributed by atoms with Crippen molar-refractivity contribution in [2.75, 3.05) is 16.8 Å². The first-order chi connectivity index (χ1) is 11.3. The number of anilines is 1. The number of fused-ring (bicyclic) bond motifs is 1. The van der Waals surface area contributed by atoms with Crippen molar-refractivity contribution in [1.29, 1.82) is 0 Å². The highest BCUT2D eigenvalue weighted by atomic mass is 79.9. The van der Waals surface area contributed by atoms with Crippen LogP contribution in [0, 0.1) is 5.82 Å². The second-order valence-corrected chi connectivity index (χ2v) is 7.17. The van der Waals surface area contributed by atoms with Gasteiger partial charge in [0.05, 0.1) is 5.39 Å². The molecule has 1 aliphatic heterocycles. The third-order valence-electron chi connectivity index (χ3n) is 4.74. The highest BCUT2D eigenvalue weighted by Crippen LogP contribution is 2.32. The topological polar surface area (TPSA) is 29.3 Å². The van der Waals surface area contributed by atoms with Gasteiger partial charge in [0.25, 0.3) is 0 Å². The maximum atomic E-state index is 13.3. The zero-order valence-electron chi connectivity index (χ0n) is 13.4. The van der Waals surface area contributed by atoms with Gasteiger partial charge in [-0.3, -0.25) is 0 Å². The summed E-state index contributed by atoms with van der Waals surface area (Å²) in [5.74, 6) is 0.618. The van der Waals surface area contributed by atoms with Crippen LogP contribution in [0.3, 0.4) is 0 Å². The minimum atomic E-state index is -0.276. The molecule has 23 heavy (non-hydrogen) atoms. The molecule has 0 N–H and O–H groups in total. The predicted molar refractivity (Wildman–Crippen MR) is 95.8 cm³/mol. The van der Waals surface area contributed by atoms with Crippen LogP contribution in [0.15, 0.2) is 22.7 Å². The highest BCUT2D eigenvalue weighted by molar-refractivity contribution is 9.09. The molecule has 2 aromatic rings. The van der Waals surface area contributed by atoms with E-state index in [1.807, 2.05) is 0 Å². The van der Waals surface area contributed by atoms with E-state index in [1.54, 1.807) is 6.07 Å². The average molecular weight is 383 g/mol. The van der Waals surface area contributed by atoms with Crippen LogP contribution >= 0.6 is 15.9 Å². The first-order valence-corrected chi connectivity index (χ1v) is 9.79. The van der Waals surface area contributed by atoms with E-state index in [2.05, 4.69) is 26.0 Å². The quantitative estimate of drug-likeness (QED) is 0.456. The zero-order chi connectivity index (χ0) is 16.1. The van der Waals surface area contributed by atoms with Crippen LogP contribution in [0.5, 0.6) is 0 Å². The maximum Gasteiger partial charge on any atom is 0.180 e. The molecule has 5 heteroatoms. The minimum Gasteiger partial charge on any atom is -0.354 e. The molecule has 0 aliphatic carbocycles. The van der Waals surface area contributed by atoms with Crippen LogP contribution in [-0.2, 0) is 0 Å². The van der Waals surface area contributed by atoms with E-state index in [0.29, 0.717) is 11.6 Å². The van der Waals surface area contributed by atoms with Crippen LogP contribution in [0.4, 0.5) is 10.2 Å². The van der Waals surface area contributed by atoms with E-state index in [-0.39, 0.29) is 5.82 Å². The summed E-state index contributed by atoms with van der Waals surface area (Å²) in [4.78, 5) is 2.39. The summed E-state index contributed by atoms with van der Waals surface area (Å²) < 4.78 is 18.7. The average Bonchev–Trinajstić information content (AvgIpc) is 2.98. The van der Waals surface area contributed by atoms with Crippen LogP contribution in [0.25, 0.3) is 11.0 Å². The summed E-state index contributed by atoms with van der Waals surface area (Å²) >= 11 is 3.49. The Bertz CT molecular complexity index is 631. The van der Waals surface area contributed by atoms with Gasteiger partial charge in [-0.2, -0.15) is 0 Å². The Hall–Kier alpha value is -1.10. The molecular formula is C18H24BrFN2O. The standard InChI is InChI=1S/C18H24BrFN2O/c19-11-5-2-1-3-7-15-8-4-6-12-22(15)18-16-10-9-14(20)13-17(16)23-21-18/h9-10,13,15H,1-8,11-12H2. The first-order valence-electron chi connectivity index (χ1n) is 8.67. The Morgan fingerprint density at radius 3 is 2.96 bits per heavy atom. The number of hydrogen-bond acceptors (Lipinski definition) is 3. The molecule has 1 saturated heterocycles. The lowest BCUT2D eigenvalue weighted by molar-refractivity contribution is 0.402. The molecule has 126 valence electrons. The van der Waals surface area contributed by atoms with Crippen molar-refractivity contribution in [2.24, 2.45) is 0 Å². The molecule has 0 amide bonds. The summed E-state index contributed by atoms with van der Waals surface area (Å²) in [6.45, 7) is 1.02. The van der Waals surface area contributed by atoms with Crippen LogP contribution < -0.4 is 4.90 Å². The molecule has 3 rings (SSSR count). The molecule has 0 saturated carbocycles. The maximum absolute atomic E-state index is 13.3. The minimum absolute atomic E-state index is 0.276. The van der Waals surface area contributed by atoms with Gasteiger partial charge in [-0.15, -0.1) is 0 Å². The fourth-order valence-electron chi connectivity index (χ4n) is 3.51. The number of unbranched alkanes of at least 4 members (excludes halogenated alkanes) is 3. The fraction of sp³-hybridized carbons (Fsp3) is 0.611. The Labute approximate surface area is 145 Å². The van der Waals surface area contributed by atoms with Gasteiger partial charge in [-0.05, 0) is 44.2 Å². The Morgan fingerprint density at radius 1 is 1.22 bits per heavy atom. The molecule has 2 heterocycles. The van der Waals surface area contributed by atoms with E-state index < -0.39 is 0 Å². The smallest absolute Gasteiger partial charge is 0.180 e. The van der Waals surface area contributed by atoms with Crippen molar-refractivity contribution >= 4 is 32.7 Å². The lowest BCUT2D eigenvalue weighted by Crippen LogP contribution is -2.39. The van der Waals surface area contributed by atoms with Crippen molar-refractivity contribution in [3.8, 4) is 0 Å². The summed E-state index contributed by atoms with van der Waals surface area (Å²) in [5, 5.41) is 6.28. The Morgan fingerprint density at radius 2 is 2.09 bits per heavy atom. The first kappa shape index (κ1) is 16.7. The lowest BCUT2D eigenvalue weighted by atomic mass is 9.96. The Kier molecular flexibility index (Phi) is 5.92. The Balaban J connectivity index is 1.70. The SMILES string of the molecule is Fc1ccc2c(N3CCCCC3CCCCCCBr)noc2c1. The van der Waals surface area contributed by atoms with Gasteiger partial charge in [0.15, 0.2) is 11.4 Å². The molecule has 1 atom stereocenters. The second-order valence-electron chi connectivity index (χ2n) is 6.38. The van der Waals surface area contributed by atoms with Crippen molar-refractivity contribution in [3.05, 3.63) is 24.0 Å². The molecule has 1 aromatic carbocycles. The third-order valence-corrected chi connectivity index (χ3v) is 5.30. The molecule has 0 bridgehead atoms. The van der Waals surface area contributed by atoms with Gasteiger partial charge in [-0.25, -0.2) is 4.39 Å². The van der Waals surface area contributed by atoms with Crippen molar-refractivity contribution < 1.29 is 8.91 Å². The number of aromatic nitrogens is 1. The van der Waals surface area contributed by atoms with Gasteiger partial charge in [-0.1, -0.05) is 40.3 Å². The van der Waals surface area contributed by atoms with Gasteiger partial charge in [0, 0.05) is 24.0 Å². The monoisotopic (exact) mass is 382 g/mol. The zero-order valence-corrected chi connectivity index (χ0v) is 15.0. The number of alkyl halides is 1.